The Kier molecular flexibility index (Phi) is 3.55. The molecule has 0 atom stereocenters. The van der Waals surface area contributed by atoms with Gasteiger partial charge in [-0.2, -0.15) is 8.42 Å². The number of anilines is 1. The van der Waals surface area contributed by atoms with E-state index in [1.54, 1.807) is 19.1 Å². The highest BCUT2D eigenvalue weighted by molar-refractivity contribution is 9.10. The van der Waals surface area contributed by atoms with Crippen molar-refractivity contribution in [3.05, 3.63) is 57.7 Å². The number of nitrogens with one attached hydrogen (secondary N) is 1. The monoisotopic (exact) mass is 445 g/mol. The van der Waals surface area contributed by atoms with Crippen LogP contribution < -0.4 is 4.72 Å². The van der Waals surface area contributed by atoms with Crippen LogP contribution in [0.25, 0.3) is 11.3 Å². The van der Waals surface area contributed by atoms with E-state index in [0.29, 0.717) is 11.5 Å². The molecule has 0 amide bonds. The van der Waals surface area contributed by atoms with Crippen LogP contribution in [0.2, 0.25) is 0 Å². The normalized spacial score (nSPS) is 16.7. The summed E-state index contributed by atoms with van der Waals surface area (Å²) in [6.07, 6.45) is 2.88. The number of hydrogen-bond acceptors (Lipinski definition) is 5. The lowest BCUT2D eigenvalue weighted by Crippen LogP contribution is -2.20. The van der Waals surface area contributed by atoms with Gasteiger partial charge in [0.25, 0.3) is 10.0 Å². The molecule has 2 heterocycles. The molecule has 5 rings (SSSR count). The number of nitrogens with zero attached hydrogens (tertiary/aromatic N) is 2. The fraction of sp³-hybridized carbons (Fsp3) is 0.263. The topological polar surface area (TPSA) is 85.1 Å². The molecule has 3 aromatic rings. The van der Waals surface area contributed by atoms with Crippen LogP contribution in [0.5, 0.6) is 0 Å². The van der Waals surface area contributed by atoms with E-state index in [-0.39, 0.29) is 16.3 Å². The molecule has 1 fully saturated rings. The Morgan fingerprint density at radius 2 is 2.04 bits per heavy atom. The van der Waals surface area contributed by atoms with Gasteiger partial charge >= 0.3 is 0 Å². The summed E-state index contributed by atoms with van der Waals surface area (Å²) < 4.78 is 34.6. The third-order valence-corrected chi connectivity index (χ3v) is 7.06. The second-order valence-corrected chi connectivity index (χ2v) is 9.75. The first-order chi connectivity index (χ1) is 12.9. The first-order valence-corrected chi connectivity index (χ1v) is 10.9. The Morgan fingerprint density at radius 3 is 2.78 bits per heavy atom. The number of halogens is 1. The maximum atomic E-state index is 12.8. The van der Waals surface area contributed by atoms with Crippen molar-refractivity contribution in [3.8, 4) is 11.3 Å². The summed E-state index contributed by atoms with van der Waals surface area (Å²) in [6, 6.07) is 11.1. The van der Waals surface area contributed by atoms with Crippen molar-refractivity contribution in [1.29, 1.82) is 0 Å². The average Bonchev–Trinajstić information content (AvgIpc) is 3.29. The molecular formula is C19H16BrN3O3S. The smallest absolute Gasteiger partial charge is 0.280 e. The molecule has 2 aromatic heterocycles. The number of sulfonamides is 1. The van der Waals surface area contributed by atoms with Gasteiger partial charge in [0.15, 0.2) is 16.6 Å². The number of aromatic nitrogens is 2. The first kappa shape index (κ1) is 16.9. The minimum Gasteiger partial charge on any atom is -0.354 e. The maximum absolute atomic E-state index is 12.8. The maximum Gasteiger partial charge on any atom is 0.280 e. The van der Waals surface area contributed by atoms with E-state index < -0.39 is 10.0 Å². The van der Waals surface area contributed by atoms with Crippen LogP contribution in [0.4, 0.5) is 5.82 Å². The third-order valence-electron chi connectivity index (χ3n) is 5.32. The highest BCUT2D eigenvalue weighted by Gasteiger charge is 2.50. The van der Waals surface area contributed by atoms with Crippen molar-refractivity contribution in [2.45, 2.75) is 36.6 Å². The number of aryl methyl sites for hydroxylation is 1. The van der Waals surface area contributed by atoms with Crippen LogP contribution in [0, 0.1) is 6.92 Å². The minimum absolute atomic E-state index is 0.0284. The molecule has 2 aliphatic rings. The zero-order chi connectivity index (χ0) is 18.8. The van der Waals surface area contributed by atoms with Gasteiger partial charge in [-0.1, -0.05) is 33.2 Å². The van der Waals surface area contributed by atoms with Gasteiger partial charge in [0.2, 0.25) is 0 Å². The molecule has 6 nitrogen and oxygen atoms in total. The molecule has 0 saturated heterocycles. The van der Waals surface area contributed by atoms with Crippen LogP contribution in [0.1, 0.15) is 29.7 Å². The minimum atomic E-state index is -3.83. The van der Waals surface area contributed by atoms with Crippen molar-refractivity contribution in [2.75, 3.05) is 4.72 Å². The largest absolute Gasteiger partial charge is 0.354 e. The van der Waals surface area contributed by atoms with Crippen molar-refractivity contribution < 1.29 is 12.9 Å². The van der Waals surface area contributed by atoms with Gasteiger partial charge in [0.05, 0.1) is 0 Å². The van der Waals surface area contributed by atoms with E-state index >= 15 is 0 Å². The summed E-state index contributed by atoms with van der Waals surface area (Å²) in [4.78, 5) is 4.11. The summed E-state index contributed by atoms with van der Waals surface area (Å²) in [5, 5.41) is 4.02. The lowest BCUT2D eigenvalue weighted by atomic mass is 9.79. The predicted molar refractivity (Wildman–Crippen MR) is 104 cm³/mol. The van der Waals surface area contributed by atoms with Crippen molar-refractivity contribution in [1.82, 2.24) is 10.1 Å². The Balaban J connectivity index is 1.58. The summed E-state index contributed by atoms with van der Waals surface area (Å²) in [7, 11) is -3.83. The van der Waals surface area contributed by atoms with Gasteiger partial charge in [-0.25, -0.2) is 4.98 Å². The molecule has 138 valence electrons. The molecular weight excluding hydrogens is 430 g/mol. The fourth-order valence-corrected chi connectivity index (χ4v) is 5.21. The molecule has 1 N–H and O–H groups in total. The molecule has 0 unspecified atom stereocenters. The summed E-state index contributed by atoms with van der Waals surface area (Å²) in [5.41, 5.74) is 3.75. The number of fused-ring (bicyclic) bond motifs is 4. The van der Waals surface area contributed by atoms with Crippen molar-refractivity contribution >= 4 is 31.8 Å². The molecule has 27 heavy (non-hydrogen) atoms. The Morgan fingerprint density at radius 1 is 1.22 bits per heavy atom. The zero-order valence-electron chi connectivity index (χ0n) is 14.5. The second kappa shape index (κ2) is 5.65. The van der Waals surface area contributed by atoms with Crippen molar-refractivity contribution in [2.24, 2.45) is 0 Å². The predicted octanol–water partition coefficient (Wildman–Crippen LogP) is 4.20. The highest BCUT2D eigenvalue weighted by atomic mass is 79.9. The number of benzene rings is 1. The average molecular weight is 446 g/mol. The molecule has 2 aliphatic carbocycles. The first-order valence-electron chi connectivity index (χ1n) is 8.63. The van der Waals surface area contributed by atoms with Crippen molar-refractivity contribution in [3.63, 3.8) is 0 Å². The van der Waals surface area contributed by atoms with Gasteiger partial charge in [0.1, 0.15) is 0 Å². The van der Waals surface area contributed by atoms with Gasteiger partial charge in [0, 0.05) is 26.7 Å². The molecule has 0 radical (unpaired) electrons. The van der Waals surface area contributed by atoms with Crippen LogP contribution in [-0.4, -0.2) is 18.6 Å². The number of hydrogen-bond donors (Lipinski definition) is 1. The Labute approximate surface area is 165 Å². The fourth-order valence-electron chi connectivity index (χ4n) is 3.81. The van der Waals surface area contributed by atoms with Crippen LogP contribution in [-0.2, 0) is 21.9 Å². The van der Waals surface area contributed by atoms with Crippen LogP contribution in [0.3, 0.4) is 0 Å². The number of rotatable bonds is 3. The molecule has 0 aliphatic heterocycles. The molecule has 1 aromatic carbocycles. The molecule has 1 saturated carbocycles. The molecule has 0 bridgehead atoms. The summed E-state index contributed by atoms with van der Waals surface area (Å²) >= 11 is 3.51. The van der Waals surface area contributed by atoms with Crippen LogP contribution >= 0.6 is 15.9 Å². The molecule has 1 spiro atoms. The van der Waals surface area contributed by atoms with E-state index in [2.05, 4.69) is 36.9 Å². The summed E-state index contributed by atoms with van der Waals surface area (Å²) in [5.74, 6) is 0.893. The molecule has 8 heteroatoms. The van der Waals surface area contributed by atoms with E-state index in [1.807, 2.05) is 12.1 Å². The van der Waals surface area contributed by atoms with E-state index in [4.69, 9.17) is 4.52 Å². The quantitative estimate of drug-likeness (QED) is 0.652. The lowest BCUT2D eigenvalue weighted by molar-refractivity contribution is 0.431. The van der Waals surface area contributed by atoms with Gasteiger partial charge in [-0.05, 0) is 56.0 Å². The SMILES string of the molecule is Cc1cccc(S(=O)(=O)Nc2noc3c2CC2(CC2)c2ccc(Br)cc2-3)n1. The number of pyridine rings is 1. The van der Waals surface area contributed by atoms with E-state index in [9.17, 15) is 8.42 Å². The second-order valence-electron chi connectivity index (χ2n) is 7.21. The van der Waals surface area contributed by atoms with Gasteiger partial charge < -0.3 is 4.52 Å². The Hall–Kier alpha value is -2.19. The third kappa shape index (κ3) is 2.70. The van der Waals surface area contributed by atoms with Crippen LogP contribution in [0.15, 0.2) is 50.4 Å². The standard InChI is InChI=1S/C19H16BrN3O3S/c1-11-3-2-4-16(21-11)27(24,25)23-18-14-10-19(7-8-19)15-6-5-12(20)9-13(15)17(14)26-22-18/h2-6,9H,7-8,10H2,1H3,(H,22,23). The highest BCUT2D eigenvalue weighted by Crippen LogP contribution is 2.58. The lowest BCUT2D eigenvalue weighted by Gasteiger charge is -2.24. The summed E-state index contributed by atoms with van der Waals surface area (Å²) in [6.45, 7) is 1.75. The van der Waals surface area contributed by atoms with Gasteiger partial charge in [-0.15, -0.1) is 0 Å². The Bertz CT molecular complexity index is 1180. The van der Waals surface area contributed by atoms with Gasteiger partial charge in [-0.3, -0.25) is 4.72 Å². The van der Waals surface area contributed by atoms with E-state index in [0.717, 1.165) is 34.9 Å². The van der Waals surface area contributed by atoms with E-state index in [1.165, 1.54) is 11.6 Å². The zero-order valence-corrected chi connectivity index (χ0v) is 16.9.